The summed E-state index contributed by atoms with van der Waals surface area (Å²) in [4.78, 5) is 0. The first-order valence-electron chi connectivity index (χ1n) is 5.65. The van der Waals surface area contributed by atoms with Crippen LogP contribution in [0.4, 0.5) is 0 Å². The van der Waals surface area contributed by atoms with Gasteiger partial charge in [-0.3, -0.25) is 4.21 Å². The number of nitrogens with zero attached hydrogens (tertiary/aromatic N) is 1. The van der Waals surface area contributed by atoms with Crippen LogP contribution in [-0.4, -0.2) is 45.3 Å². The van der Waals surface area contributed by atoms with E-state index in [1.165, 1.54) is 0 Å². The summed E-state index contributed by atoms with van der Waals surface area (Å²) >= 11 is 0. The molecule has 4 rings (SSSR count). The van der Waals surface area contributed by atoms with Gasteiger partial charge in [0.1, 0.15) is 17.6 Å². The highest BCUT2D eigenvalue weighted by atomic mass is 32.2. The third kappa shape index (κ3) is 1.40. The van der Waals surface area contributed by atoms with E-state index in [4.69, 9.17) is 4.74 Å². The predicted molar refractivity (Wildman–Crippen MR) is 57.2 cm³/mol. The lowest BCUT2D eigenvalue weighted by atomic mass is 9.76. The largest absolute Gasteiger partial charge is 0.633 e. The fourth-order valence-electron chi connectivity index (χ4n) is 3.41. The van der Waals surface area contributed by atoms with Gasteiger partial charge in [0.15, 0.2) is 0 Å². The Morgan fingerprint density at radius 1 is 1.47 bits per heavy atom. The Morgan fingerprint density at radius 2 is 2.13 bits per heavy atom. The predicted octanol–water partition coefficient (Wildman–Crippen LogP) is 0.588. The molecule has 0 radical (unpaired) electrons. The Labute approximate surface area is 92.2 Å². The number of piperidine rings is 3. The molecule has 1 unspecified atom stereocenters. The van der Waals surface area contributed by atoms with E-state index in [1.807, 2.05) is 6.92 Å². The lowest BCUT2D eigenvalue weighted by molar-refractivity contribution is -0.905. The number of hydroxylamine groups is 3. The summed E-state index contributed by atoms with van der Waals surface area (Å²) in [5.74, 6) is 1.06. The van der Waals surface area contributed by atoms with Crippen molar-refractivity contribution in [2.45, 2.75) is 30.8 Å². The van der Waals surface area contributed by atoms with E-state index in [0.29, 0.717) is 18.2 Å². The van der Waals surface area contributed by atoms with Crippen LogP contribution in [0.25, 0.3) is 0 Å². The molecular formula is C10H17NO3S. The average molecular weight is 231 g/mol. The van der Waals surface area contributed by atoms with E-state index < -0.39 is 10.8 Å². The smallest absolute Gasteiger partial charge is 0.133 e. The quantitative estimate of drug-likeness (QED) is 0.453. The molecule has 4 heterocycles. The number of fused-ring (bicyclic) bond motifs is 2. The Hall–Kier alpha value is 0.0300. The summed E-state index contributed by atoms with van der Waals surface area (Å²) < 4.78 is 17.5. The highest BCUT2D eigenvalue weighted by Crippen LogP contribution is 2.46. The van der Waals surface area contributed by atoms with Crippen LogP contribution in [0.1, 0.15) is 19.8 Å². The van der Waals surface area contributed by atoms with Crippen LogP contribution in [0.5, 0.6) is 0 Å². The maximum Gasteiger partial charge on any atom is 0.133 e. The fourth-order valence-corrected chi connectivity index (χ4v) is 4.82. The number of ether oxygens (including phenoxy) is 1. The van der Waals surface area contributed by atoms with Gasteiger partial charge in [-0.2, -0.15) is 0 Å². The van der Waals surface area contributed by atoms with Crippen molar-refractivity contribution in [2.24, 2.45) is 5.92 Å². The first-order valence-corrected chi connectivity index (χ1v) is 7.03. The van der Waals surface area contributed by atoms with Crippen LogP contribution in [0.15, 0.2) is 0 Å². The fraction of sp³-hybridized carbons (Fsp3) is 1.00. The van der Waals surface area contributed by atoms with Crippen LogP contribution in [0.2, 0.25) is 0 Å². The normalized spacial score (nSPS) is 58.9. The number of hydrogen-bond donors (Lipinski definition) is 0. The minimum absolute atomic E-state index is 0.111. The number of rotatable bonds is 0. The molecule has 4 saturated heterocycles. The van der Waals surface area contributed by atoms with Crippen LogP contribution >= 0.6 is 0 Å². The van der Waals surface area contributed by atoms with Crippen LogP contribution < -0.4 is 0 Å². The number of hydrogen-bond acceptors (Lipinski definition) is 3. The van der Waals surface area contributed by atoms with E-state index in [0.717, 1.165) is 25.9 Å². The maximum atomic E-state index is 12.3. The molecule has 2 bridgehead atoms. The topological polar surface area (TPSA) is 49.4 Å². The van der Waals surface area contributed by atoms with Crippen molar-refractivity contribution < 1.29 is 13.6 Å². The van der Waals surface area contributed by atoms with Crippen molar-refractivity contribution >= 4 is 10.8 Å². The Kier molecular flexibility index (Phi) is 2.06. The van der Waals surface area contributed by atoms with E-state index >= 15 is 0 Å². The summed E-state index contributed by atoms with van der Waals surface area (Å²) in [5.41, 5.74) is -0.528. The van der Waals surface area contributed by atoms with Gasteiger partial charge in [0, 0.05) is 18.8 Å². The van der Waals surface area contributed by atoms with Gasteiger partial charge in [0.2, 0.25) is 0 Å². The van der Waals surface area contributed by atoms with Gasteiger partial charge in [-0.25, -0.2) is 0 Å². The molecule has 3 atom stereocenters. The molecule has 0 N–H and O–H groups in total. The van der Waals surface area contributed by atoms with Crippen LogP contribution in [-0.2, 0) is 15.5 Å². The zero-order valence-corrected chi connectivity index (χ0v) is 9.79. The molecule has 0 saturated carbocycles. The Morgan fingerprint density at radius 3 is 2.60 bits per heavy atom. The molecule has 0 aromatic rings. The summed E-state index contributed by atoms with van der Waals surface area (Å²) in [7, 11) is -0.896. The minimum Gasteiger partial charge on any atom is -0.633 e. The highest BCUT2D eigenvalue weighted by Gasteiger charge is 2.58. The minimum atomic E-state index is -0.896. The van der Waals surface area contributed by atoms with Crippen molar-refractivity contribution in [3.05, 3.63) is 5.21 Å². The third-order valence-electron chi connectivity index (χ3n) is 4.23. The second-order valence-electron chi connectivity index (χ2n) is 5.21. The first-order chi connectivity index (χ1) is 7.03. The Bertz CT molecular complexity index is 314. The second kappa shape index (κ2) is 3.03. The molecule has 1 spiro atoms. The molecule has 4 aliphatic rings. The molecular weight excluding hydrogens is 214 g/mol. The summed E-state index contributed by atoms with van der Waals surface area (Å²) in [6.07, 6.45) is 1.90. The van der Waals surface area contributed by atoms with Gasteiger partial charge in [0.25, 0.3) is 0 Å². The summed E-state index contributed by atoms with van der Waals surface area (Å²) in [6, 6.07) is 0. The van der Waals surface area contributed by atoms with Crippen molar-refractivity contribution in [3.63, 3.8) is 0 Å². The van der Waals surface area contributed by atoms with Gasteiger partial charge in [0.05, 0.1) is 29.6 Å². The van der Waals surface area contributed by atoms with Crippen molar-refractivity contribution in [1.29, 1.82) is 0 Å². The molecule has 0 amide bonds. The molecule has 86 valence electrons. The van der Waals surface area contributed by atoms with E-state index in [9.17, 15) is 9.42 Å². The standard InChI is InChI=1S/C10H17NO3S/c1-8-14-10(7-15(8)13)6-11(12)4-2-9(10)3-5-11/h8-9H,2-7H2,1H3/t8-,9?,10-,11?,15?/m0/s1. The lowest BCUT2D eigenvalue weighted by Gasteiger charge is -2.59. The van der Waals surface area contributed by atoms with Crippen molar-refractivity contribution in [3.8, 4) is 0 Å². The number of quaternary nitrogens is 1. The monoisotopic (exact) mass is 231 g/mol. The second-order valence-corrected chi connectivity index (χ2v) is 6.93. The van der Waals surface area contributed by atoms with Gasteiger partial charge < -0.3 is 14.6 Å². The molecule has 0 aromatic carbocycles. The molecule has 5 heteroatoms. The zero-order valence-electron chi connectivity index (χ0n) is 8.98. The summed E-state index contributed by atoms with van der Waals surface area (Å²) in [5, 5.41) is 12.3. The molecule has 4 aliphatic heterocycles. The molecule has 4 nitrogen and oxygen atoms in total. The zero-order chi connectivity index (χ0) is 10.7. The van der Waals surface area contributed by atoms with Crippen molar-refractivity contribution in [2.75, 3.05) is 25.4 Å². The summed E-state index contributed by atoms with van der Waals surface area (Å²) in [6.45, 7) is 3.86. The van der Waals surface area contributed by atoms with Gasteiger partial charge >= 0.3 is 0 Å². The van der Waals surface area contributed by atoms with Crippen LogP contribution in [0, 0.1) is 11.1 Å². The molecule has 0 aromatic heterocycles. The highest BCUT2D eigenvalue weighted by molar-refractivity contribution is 7.85. The van der Waals surface area contributed by atoms with E-state index in [1.54, 1.807) is 0 Å². The molecule has 4 fully saturated rings. The van der Waals surface area contributed by atoms with Crippen LogP contribution in [0.3, 0.4) is 0 Å². The molecule has 15 heavy (non-hydrogen) atoms. The lowest BCUT2D eigenvalue weighted by Crippen LogP contribution is -2.67. The average Bonchev–Trinajstić information content (AvgIpc) is 2.41. The Balaban J connectivity index is 1.91. The van der Waals surface area contributed by atoms with Gasteiger partial charge in [-0.1, -0.05) is 0 Å². The van der Waals surface area contributed by atoms with E-state index in [-0.39, 0.29) is 15.7 Å². The van der Waals surface area contributed by atoms with E-state index in [2.05, 4.69) is 0 Å². The maximum absolute atomic E-state index is 12.3. The van der Waals surface area contributed by atoms with Gasteiger partial charge in [-0.15, -0.1) is 0 Å². The molecule has 0 aliphatic carbocycles. The first kappa shape index (κ1) is 10.2. The SMILES string of the molecule is C[C@H]1O[C@]2(CS1=O)C[N+]1([O-])CCC2CC1. The van der Waals surface area contributed by atoms with Gasteiger partial charge in [-0.05, 0) is 6.92 Å². The third-order valence-corrected chi connectivity index (χ3v) is 5.84. The van der Waals surface area contributed by atoms with Crippen molar-refractivity contribution in [1.82, 2.24) is 0 Å².